The Labute approximate surface area is 163 Å². The fraction of sp³-hybridized carbons (Fsp3) is 0.450. The predicted molar refractivity (Wildman–Crippen MR) is 103 cm³/mol. The lowest BCUT2D eigenvalue weighted by molar-refractivity contribution is 0.0288. The van der Waals surface area contributed by atoms with E-state index in [0.717, 1.165) is 12.0 Å². The molecule has 7 nitrogen and oxygen atoms in total. The molecule has 8 heteroatoms. The van der Waals surface area contributed by atoms with Gasteiger partial charge in [0.2, 0.25) is 0 Å². The molecule has 2 heterocycles. The number of ether oxygens (including phenoxy) is 1. The number of carbonyl (C=O) groups excluding carboxylic acids is 2. The molecule has 1 aromatic heterocycles. The minimum Gasteiger partial charge on any atom is -0.444 e. The quantitative estimate of drug-likeness (QED) is 0.868. The highest BCUT2D eigenvalue weighted by molar-refractivity contribution is 6.04. The third kappa shape index (κ3) is 4.68. The molecule has 1 N–H and O–H groups in total. The van der Waals surface area contributed by atoms with Gasteiger partial charge in [0, 0.05) is 25.4 Å². The van der Waals surface area contributed by atoms with Crippen molar-refractivity contribution in [1.82, 2.24) is 14.7 Å². The molecule has 150 valence electrons. The van der Waals surface area contributed by atoms with Crippen molar-refractivity contribution in [2.24, 2.45) is 0 Å². The van der Waals surface area contributed by atoms with E-state index in [-0.39, 0.29) is 17.7 Å². The molecule has 0 bridgehead atoms. The van der Waals surface area contributed by atoms with Crippen molar-refractivity contribution < 1.29 is 18.7 Å². The van der Waals surface area contributed by atoms with Gasteiger partial charge in [-0.25, -0.2) is 9.18 Å². The Balaban J connectivity index is 1.62. The Morgan fingerprint density at radius 1 is 1.29 bits per heavy atom. The van der Waals surface area contributed by atoms with Gasteiger partial charge in [-0.15, -0.1) is 0 Å². The Morgan fingerprint density at radius 3 is 2.75 bits per heavy atom. The van der Waals surface area contributed by atoms with E-state index in [4.69, 9.17) is 4.74 Å². The van der Waals surface area contributed by atoms with Crippen LogP contribution in [-0.2, 0) is 4.74 Å². The third-order valence-electron chi connectivity index (χ3n) is 4.41. The summed E-state index contributed by atoms with van der Waals surface area (Å²) in [5, 5.41) is 6.98. The summed E-state index contributed by atoms with van der Waals surface area (Å²) in [7, 11) is 0. The zero-order chi connectivity index (χ0) is 20.5. The van der Waals surface area contributed by atoms with E-state index in [1.807, 2.05) is 20.8 Å². The van der Waals surface area contributed by atoms with Crippen molar-refractivity contribution in [2.75, 3.05) is 18.4 Å². The normalized spacial score (nSPS) is 16.9. The molecule has 1 aliphatic rings. The number of anilines is 1. The number of amides is 2. The fourth-order valence-corrected chi connectivity index (χ4v) is 3.05. The molecule has 3 rings (SSSR count). The topological polar surface area (TPSA) is 76.5 Å². The average Bonchev–Trinajstić information content (AvgIpc) is 3.24. The molecule has 1 fully saturated rings. The molecule has 0 saturated carbocycles. The van der Waals surface area contributed by atoms with Crippen LogP contribution in [0.4, 0.5) is 15.0 Å². The molecular formula is C20H25FN4O3. The highest BCUT2D eigenvalue weighted by Crippen LogP contribution is 2.24. The van der Waals surface area contributed by atoms with E-state index in [1.54, 1.807) is 34.8 Å². The van der Waals surface area contributed by atoms with Gasteiger partial charge in [0.25, 0.3) is 5.91 Å². The molecule has 0 spiro atoms. The standard InChI is InChI=1S/C20H25FN4O3/c1-13-5-6-16(21)15(11-13)18(26)22-17-8-10-25(23-17)14-7-9-24(12-14)19(27)28-20(2,3)4/h5-6,8,10-11,14H,7,9,12H2,1-4H3,(H,22,23,26). The maximum absolute atomic E-state index is 13.9. The van der Waals surface area contributed by atoms with Crippen LogP contribution in [-0.4, -0.2) is 45.4 Å². The molecule has 1 saturated heterocycles. The van der Waals surface area contributed by atoms with Crippen molar-refractivity contribution in [3.63, 3.8) is 0 Å². The minimum atomic E-state index is -0.577. The maximum Gasteiger partial charge on any atom is 0.410 e. The number of benzene rings is 1. The molecule has 1 aliphatic heterocycles. The molecular weight excluding hydrogens is 363 g/mol. The van der Waals surface area contributed by atoms with Gasteiger partial charge in [-0.3, -0.25) is 9.48 Å². The molecule has 2 amide bonds. The number of carbonyl (C=O) groups is 2. The summed E-state index contributed by atoms with van der Waals surface area (Å²) in [6, 6.07) is 6.03. The zero-order valence-electron chi connectivity index (χ0n) is 16.5. The number of hydrogen-bond acceptors (Lipinski definition) is 4. The van der Waals surface area contributed by atoms with Crippen LogP contribution in [0.15, 0.2) is 30.5 Å². The fourth-order valence-electron chi connectivity index (χ4n) is 3.05. The minimum absolute atomic E-state index is 0.00567. The summed E-state index contributed by atoms with van der Waals surface area (Å²) in [6.07, 6.45) is 2.14. The predicted octanol–water partition coefficient (Wildman–Crippen LogP) is 3.76. The van der Waals surface area contributed by atoms with Gasteiger partial charge in [-0.05, 0) is 46.2 Å². The van der Waals surface area contributed by atoms with Crippen molar-refractivity contribution in [2.45, 2.75) is 45.8 Å². The van der Waals surface area contributed by atoms with Crippen LogP contribution in [0.5, 0.6) is 0 Å². The first-order valence-corrected chi connectivity index (χ1v) is 9.23. The maximum atomic E-state index is 13.9. The van der Waals surface area contributed by atoms with E-state index in [9.17, 15) is 14.0 Å². The van der Waals surface area contributed by atoms with E-state index < -0.39 is 17.3 Å². The molecule has 0 radical (unpaired) electrons. The van der Waals surface area contributed by atoms with Crippen molar-refractivity contribution in [3.05, 3.63) is 47.4 Å². The number of nitrogens with zero attached hydrogens (tertiary/aromatic N) is 3. The summed E-state index contributed by atoms with van der Waals surface area (Å²) in [4.78, 5) is 26.2. The van der Waals surface area contributed by atoms with Crippen LogP contribution >= 0.6 is 0 Å². The van der Waals surface area contributed by atoms with Gasteiger partial charge in [-0.2, -0.15) is 5.10 Å². The number of rotatable bonds is 3. The summed E-state index contributed by atoms with van der Waals surface area (Å²) in [5.41, 5.74) is 0.236. The SMILES string of the molecule is Cc1ccc(F)c(C(=O)Nc2ccn(C3CCN(C(=O)OC(C)(C)C)C3)n2)c1. The molecule has 2 aromatic rings. The number of aryl methyl sites for hydroxylation is 1. The Hall–Kier alpha value is -2.90. The average molecular weight is 388 g/mol. The van der Waals surface area contributed by atoms with Crippen LogP contribution in [0.2, 0.25) is 0 Å². The van der Waals surface area contributed by atoms with Crippen LogP contribution in [0.3, 0.4) is 0 Å². The lowest BCUT2D eigenvalue weighted by Crippen LogP contribution is -2.35. The molecule has 1 atom stereocenters. The molecule has 1 aromatic carbocycles. The number of likely N-dealkylation sites (tertiary alicyclic amines) is 1. The largest absolute Gasteiger partial charge is 0.444 e. The second kappa shape index (κ2) is 7.61. The second-order valence-corrected chi connectivity index (χ2v) is 7.99. The lowest BCUT2D eigenvalue weighted by Gasteiger charge is -2.24. The first-order valence-electron chi connectivity index (χ1n) is 9.23. The van der Waals surface area contributed by atoms with Crippen LogP contribution in [0.1, 0.15) is 49.2 Å². The Kier molecular flexibility index (Phi) is 5.40. The molecule has 28 heavy (non-hydrogen) atoms. The van der Waals surface area contributed by atoms with Gasteiger partial charge >= 0.3 is 6.09 Å². The van der Waals surface area contributed by atoms with Gasteiger partial charge in [0.1, 0.15) is 11.4 Å². The van der Waals surface area contributed by atoms with Crippen molar-refractivity contribution in [3.8, 4) is 0 Å². The van der Waals surface area contributed by atoms with E-state index in [0.29, 0.717) is 18.9 Å². The zero-order valence-corrected chi connectivity index (χ0v) is 16.5. The Bertz CT molecular complexity index is 888. The highest BCUT2D eigenvalue weighted by atomic mass is 19.1. The lowest BCUT2D eigenvalue weighted by atomic mass is 10.1. The van der Waals surface area contributed by atoms with E-state index in [2.05, 4.69) is 10.4 Å². The third-order valence-corrected chi connectivity index (χ3v) is 4.41. The number of aromatic nitrogens is 2. The summed E-state index contributed by atoms with van der Waals surface area (Å²) >= 11 is 0. The van der Waals surface area contributed by atoms with Crippen molar-refractivity contribution in [1.29, 1.82) is 0 Å². The number of halogens is 1. The van der Waals surface area contributed by atoms with Crippen LogP contribution in [0, 0.1) is 12.7 Å². The Morgan fingerprint density at radius 2 is 2.04 bits per heavy atom. The number of hydrogen-bond donors (Lipinski definition) is 1. The smallest absolute Gasteiger partial charge is 0.410 e. The van der Waals surface area contributed by atoms with Gasteiger partial charge < -0.3 is 15.0 Å². The second-order valence-electron chi connectivity index (χ2n) is 7.99. The molecule has 1 unspecified atom stereocenters. The van der Waals surface area contributed by atoms with Gasteiger partial charge in [0.15, 0.2) is 5.82 Å². The van der Waals surface area contributed by atoms with E-state index in [1.165, 1.54) is 12.1 Å². The van der Waals surface area contributed by atoms with Crippen molar-refractivity contribution >= 4 is 17.8 Å². The summed E-state index contributed by atoms with van der Waals surface area (Å²) in [5.74, 6) is -0.791. The monoisotopic (exact) mass is 388 g/mol. The number of nitrogens with one attached hydrogen (secondary N) is 1. The van der Waals surface area contributed by atoms with E-state index >= 15 is 0 Å². The van der Waals surface area contributed by atoms with Crippen LogP contribution < -0.4 is 5.32 Å². The van der Waals surface area contributed by atoms with Gasteiger partial charge in [0.05, 0.1) is 11.6 Å². The first kappa shape index (κ1) is 19.9. The van der Waals surface area contributed by atoms with Gasteiger partial charge in [-0.1, -0.05) is 11.6 Å². The first-order chi connectivity index (χ1) is 13.1. The highest BCUT2D eigenvalue weighted by Gasteiger charge is 2.31. The van der Waals surface area contributed by atoms with Crippen LogP contribution in [0.25, 0.3) is 0 Å². The summed E-state index contributed by atoms with van der Waals surface area (Å²) in [6.45, 7) is 8.35. The molecule has 0 aliphatic carbocycles. The summed E-state index contributed by atoms with van der Waals surface area (Å²) < 4.78 is 21.0.